The van der Waals surface area contributed by atoms with E-state index in [0.29, 0.717) is 41.3 Å². The summed E-state index contributed by atoms with van der Waals surface area (Å²) in [7, 11) is 4.52. The van der Waals surface area contributed by atoms with E-state index in [1.165, 1.54) is 26.2 Å². The fraction of sp³-hybridized carbons (Fsp3) is 0.269. The molecule has 0 unspecified atom stereocenters. The third-order valence-corrected chi connectivity index (χ3v) is 5.99. The van der Waals surface area contributed by atoms with E-state index in [1.54, 1.807) is 55.0 Å². The molecule has 3 aromatic rings. The molecule has 1 saturated heterocycles. The lowest BCUT2D eigenvalue weighted by atomic mass is 9.94. The number of aryl methyl sites for hydroxylation is 1. The molecule has 0 radical (unpaired) electrons. The van der Waals surface area contributed by atoms with Crippen LogP contribution in [0.2, 0.25) is 0 Å². The number of likely N-dealkylation sites (tertiary alicyclic amines) is 1. The zero-order valence-corrected chi connectivity index (χ0v) is 19.8. The summed E-state index contributed by atoms with van der Waals surface area (Å²) >= 11 is 0. The molecule has 1 aliphatic heterocycles. The Morgan fingerprint density at radius 1 is 1.03 bits per heavy atom. The maximum atomic E-state index is 13.3. The van der Waals surface area contributed by atoms with Crippen LogP contribution >= 0.6 is 0 Å². The lowest BCUT2D eigenvalue weighted by Crippen LogP contribution is -2.31. The normalized spacial score (nSPS) is 17.0. The molecule has 1 aliphatic rings. The van der Waals surface area contributed by atoms with Gasteiger partial charge in [0.25, 0.3) is 11.7 Å². The topological polar surface area (TPSA) is 103 Å². The van der Waals surface area contributed by atoms with E-state index in [2.05, 4.69) is 4.98 Å². The number of Topliss-reactive ketones (excluding diaryl/α,β-unsaturated/α-hetero) is 1. The van der Waals surface area contributed by atoms with Gasteiger partial charge in [0.15, 0.2) is 11.5 Å². The second-order valence-electron chi connectivity index (χ2n) is 7.96. The van der Waals surface area contributed by atoms with Crippen molar-refractivity contribution in [3.05, 3.63) is 77.9 Å². The van der Waals surface area contributed by atoms with Crippen LogP contribution in [-0.2, 0) is 16.1 Å². The van der Waals surface area contributed by atoms with Crippen molar-refractivity contribution >= 4 is 17.4 Å². The van der Waals surface area contributed by atoms with E-state index in [9.17, 15) is 14.7 Å². The number of amides is 1. The number of ketones is 1. The van der Waals surface area contributed by atoms with Crippen LogP contribution in [0.1, 0.15) is 23.6 Å². The van der Waals surface area contributed by atoms with E-state index in [-0.39, 0.29) is 17.9 Å². The second kappa shape index (κ2) is 10.3. The van der Waals surface area contributed by atoms with Crippen LogP contribution in [0.25, 0.3) is 5.76 Å². The van der Waals surface area contributed by atoms with Crippen LogP contribution in [-0.4, -0.2) is 59.1 Å². The molecule has 1 fully saturated rings. The van der Waals surface area contributed by atoms with Crippen molar-refractivity contribution in [2.75, 3.05) is 27.9 Å². The first kappa shape index (κ1) is 23.9. The van der Waals surface area contributed by atoms with Gasteiger partial charge in [-0.3, -0.25) is 9.59 Å². The highest BCUT2D eigenvalue weighted by molar-refractivity contribution is 6.46. The Kier molecular flexibility index (Phi) is 7.05. The molecule has 9 nitrogen and oxygen atoms in total. The van der Waals surface area contributed by atoms with Gasteiger partial charge in [-0.25, -0.2) is 4.98 Å². The highest BCUT2D eigenvalue weighted by Crippen LogP contribution is 2.45. The Labute approximate surface area is 203 Å². The standard InChI is InChI=1S/C26H27N3O6/c1-33-18-8-4-7-17(15-18)23(30)21-22(19-9-5-10-20(34-2)25(19)35-3)29(26(32)24(21)31)13-6-12-28-14-11-27-16-28/h4-5,7-11,14-16,22,30H,6,12-13H2,1-3H3/b23-21+/t22-/m0/s1. The summed E-state index contributed by atoms with van der Waals surface area (Å²) in [5.74, 6) is -0.375. The number of carbonyl (C=O) groups excluding carboxylic acids is 2. The van der Waals surface area contributed by atoms with Gasteiger partial charge in [0.1, 0.15) is 11.5 Å². The number of ether oxygens (including phenoxy) is 3. The van der Waals surface area contributed by atoms with Gasteiger partial charge in [-0.1, -0.05) is 24.3 Å². The van der Waals surface area contributed by atoms with Gasteiger partial charge in [-0.2, -0.15) is 0 Å². The summed E-state index contributed by atoms with van der Waals surface area (Å²) < 4.78 is 18.2. The fourth-order valence-electron chi connectivity index (χ4n) is 4.33. The Bertz CT molecular complexity index is 1250. The van der Waals surface area contributed by atoms with Crippen LogP contribution in [0.15, 0.2) is 66.8 Å². The molecular weight excluding hydrogens is 450 g/mol. The number of nitrogens with zero attached hydrogens (tertiary/aromatic N) is 3. The molecular formula is C26H27N3O6. The van der Waals surface area contributed by atoms with Crippen LogP contribution in [0, 0.1) is 0 Å². The minimum absolute atomic E-state index is 0.0163. The number of carbonyl (C=O) groups is 2. The summed E-state index contributed by atoms with van der Waals surface area (Å²) in [6, 6.07) is 11.1. The Hall–Kier alpha value is -4.27. The molecule has 4 rings (SSSR count). The van der Waals surface area contributed by atoms with Crippen LogP contribution < -0.4 is 14.2 Å². The predicted molar refractivity (Wildman–Crippen MR) is 128 cm³/mol. The third kappa shape index (κ3) is 4.57. The molecule has 2 heterocycles. The monoisotopic (exact) mass is 477 g/mol. The number of aromatic nitrogens is 2. The van der Waals surface area contributed by atoms with Gasteiger partial charge < -0.3 is 28.8 Å². The summed E-state index contributed by atoms with van der Waals surface area (Å²) in [5.41, 5.74) is 0.892. The number of para-hydroxylation sites is 1. The molecule has 0 aliphatic carbocycles. The van der Waals surface area contributed by atoms with Crippen molar-refractivity contribution < 1.29 is 28.9 Å². The molecule has 35 heavy (non-hydrogen) atoms. The van der Waals surface area contributed by atoms with Gasteiger partial charge in [0.2, 0.25) is 0 Å². The quantitative estimate of drug-likeness (QED) is 0.286. The van der Waals surface area contributed by atoms with Gasteiger partial charge >= 0.3 is 0 Å². The Morgan fingerprint density at radius 3 is 2.51 bits per heavy atom. The minimum Gasteiger partial charge on any atom is -0.507 e. The highest BCUT2D eigenvalue weighted by Gasteiger charge is 2.47. The van der Waals surface area contributed by atoms with Crippen LogP contribution in [0.3, 0.4) is 0 Å². The van der Waals surface area contributed by atoms with Crippen molar-refractivity contribution in [2.24, 2.45) is 0 Å². The molecule has 0 saturated carbocycles. The molecule has 1 aromatic heterocycles. The van der Waals surface area contributed by atoms with E-state index < -0.39 is 17.7 Å². The number of hydrogen-bond donors (Lipinski definition) is 1. The molecule has 0 spiro atoms. The number of imidazole rings is 1. The fourth-order valence-corrected chi connectivity index (χ4v) is 4.33. The maximum Gasteiger partial charge on any atom is 0.295 e. The second-order valence-corrected chi connectivity index (χ2v) is 7.96. The molecule has 1 N–H and O–H groups in total. The largest absolute Gasteiger partial charge is 0.507 e. The molecule has 182 valence electrons. The number of aliphatic hydroxyl groups is 1. The Morgan fingerprint density at radius 2 is 1.83 bits per heavy atom. The molecule has 0 bridgehead atoms. The first-order chi connectivity index (χ1) is 17.0. The van der Waals surface area contributed by atoms with Gasteiger partial charge in [0, 0.05) is 36.6 Å². The number of methoxy groups -OCH3 is 3. The number of benzene rings is 2. The van der Waals surface area contributed by atoms with Crippen LogP contribution in [0.4, 0.5) is 0 Å². The van der Waals surface area contributed by atoms with E-state index in [4.69, 9.17) is 14.2 Å². The molecule has 9 heteroatoms. The molecule has 1 atom stereocenters. The van der Waals surface area contributed by atoms with Gasteiger partial charge in [-0.05, 0) is 24.6 Å². The number of hydrogen-bond acceptors (Lipinski definition) is 7. The third-order valence-electron chi connectivity index (χ3n) is 5.99. The van der Waals surface area contributed by atoms with Gasteiger partial charge in [-0.15, -0.1) is 0 Å². The first-order valence-electron chi connectivity index (χ1n) is 11.1. The summed E-state index contributed by atoms with van der Waals surface area (Å²) in [6.07, 6.45) is 5.78. The number of rotatable bonds is 9. The average molecular weight is 478 g/mol. The molecule has 2 aromatic carbocycles. The summed E-state index contributed by atoms with van der Waals surface area (Å²) in [4.78, 5) is 32.0. The zero-order chi connectivity index (χ0) is 24.9. The lowest BCUT2D eigenvalue weighted by Gasteiger charge is -2.27. The van der Waals surface area contributed by atoms with Crippen molar-refractivity contribution in [1.29, 1.82) is 0 Å². The summed E-state index contributed by atoms with van der Waals surface area (Å²) in [5, 5.41) is 11.3. The minimum atomic E-state index is -0.867. The van der Waals surface area contributed by atoms with Crippen molar-refractivity contribution in [2.45, 2.75) is 19.0 Å². The van der Waals surface area contributed by atoms with E-state index in [0.717, 1.165) is 0 Å². The highest BCUT2D eigenvalue weighted by atomic mass is 16.5. The summed E-state index contributed by atoms with van der Waals surface area (Å²) in [6.45, 7) is 0.892. The maximum absolute atomic E-state index is 13.3. The van der Waals surface area contributed by atoms with Crippen molar-refractivity contribution in [3.63, 3.8) is 0 Å². The first-order valence-corrected chi connectivity index (χ1v) is 11.1. The molecule has 1 amide bonds. The Balaban J connectivity index is 1.82. The van der Waals surface area contributed by atoms with Crippen molar-refractivity contribution in [3.8, 4) is 17.2 Å². The van der Waals surface area contributed by atoms with Crippen molar-refractivity contribution in [1.82, 2.24) is 14.5 Å². The van der Waals surface area contributed by atoms with E-state index >= 15 is 0 Å². The smallest absolute Gasteiger partial charge is 0.295 e. The predicted octanol–water partition coefficient (Wildman–Crippen LogP) is 3.42. The van der Waals surface area contributed by atoms with E-state index in [1.807, 2.05) is 10.8 Å². The lowest BCUT2D eigenvalue weighted by molar-refractivity contribution is -0.140. The van der Waals surface area contributed by atoms with Gasteiger partial charge in [0.05, 0.1) is 39.3 Å². The zero-order valence-electron chi connectivity index (χ0n) is 19.8. The number of aliphatic hydroxyl groups excluding tert-OH is 1. The average Bonchev–Trinajstić information content (AvgIpc) is 3.50. The van der Waals surface area contributed by atoms with Crippen LogP contribution in [0.5, 0.6) is 17.2 Å². The SMILES string of the molecule is COc1cccc(/C(O)=C2\C(=O)C(=O)N(CCCn3ccnc3)[C@H]2c2cccc(OC)c2OC)c1.